The average molecular weight is 596 g/mol. The first-order valence-corrected chi connectivity index (χ1v) is 12.3. The Labute approximate surface area is 216 Å². The van der Waals surface area contributed by atoms with Gasteiger partial charge in [-0.3, -0.25) is 9.59 Å². The number of halogens is 2. The number of benzene rings is 2. The number of amides is 2. The molecule has 182 valence electrons. The van der Waals surface area contributed by atoms with Crippen LogP contribution in [0.3, 0.4) is 0 Å². The van der Waals surface area contributed by atoms with Crippen molar-refractivity contribution in [3.05, 3.63) is 56.5 Å². The van der Waals surface area contributed by atoms with Crippen LogP contribution < -0.4 is 20.3 Å². The number of unbranched alkanes of at least 4 members (excludes halogenated alkanes) is 3. The van der Waals surface area contributed by atoms with E-state index in [1.54, 1.807) is 26.6 Å². The molecule has 2 rings (SSSR count). The molecule has 0 aliphatic rings. The lowest BCUT2D eigenvalue weighted by Gasteiger charge is -2.05. The highest BCUT2D eigenvalue weighted by atomic mass is 79.9. The summed E-state index contributed by atoms with van der Waals surface area (Å²) in [5, 5.41) is 7.99. The van der Waals surface area contributed by atoms with Gasteiger partial charge in [-0.05, 0) is 49.2 Å². The third-order valence-corrected chi connectivity index (χ3v) is 5.71. The fourth-order valence-electron chi connectivity index (χ4n) is 3.00. The normalized spacial score (nSPS) is 11.1. The number of methoxy groups -OCH3 is 2. The van der Waals surface area contributed by atoms with E-state index in [0.717, 1.165) is 45.8 Å². The lowest BCUT2D eigenvalue weighted by molar-refractivity contribution is -0.122. The molecule has 0 aliphatic carbocycles. The van der Waals surface area contributed by atoms with Crippen LogP contribution in [0.5, 0.6) is 11.5 Å². The molecule has 8 nitrogen and oxygen atoms in total. The zero-order valence-electron chi connectivity index (χ0n) is 19.1. The molecule has 0 bridgehead atoms. The fourth-order valence-corrected chi connectivity index (χ4v) is 3.75. The van der Waals surface area contributed by atoms with Crippen LogP contribution in [0.1, 0.15) is 49.7 Å². The van der Waals surface area contributed by atoms with E-state index in [-0.39, 0.29) is 11.8 Å². The monoisotopic (exact) mass is 594 g/mol. The van der Waals surface area contributed by atoms with E-state index in [4.69, 9.17) is 9.47 Å². The second-order valence-corrected chi connectivity index (χ2v) is 9.10. The smallest absolute Gasteiger partial charge is 0.240 e. The lowest BCUT2D eigenvalue weighted by atomic mass is 10.1. The van der Waals surface area contributed by atoms with Crippen molar-refractivity contribution in [2.24, 2.45) is 10.2 Å². The number of hydrogen-bond donors (Lipinski definition) is 2. The fraction of sp³-hybridized carbons (Fsp3) is 0.333. The van der Waals surface area contributed by atoms with Crippen molar-refractivity contribution in [1.29, 1.82) is 0 Å². The van der Waals surface area contributed by atoms with E-state index in [1.165, 1.54) is 0 Å². The summed E-state index contributed by atoms with van der Waals surface area (Å²) in [6.07, 6.45) is 7.00. The molecule has 0 fully saturated rings. The Morgan fingerprint density at radius 2 is 1.18 bits per heavy atom. The summed E-state index contributed by atoms with van der Waals surface area (Å²) in [4.78, 5) is 23.9. The Bertz CT molecular complexity index is 947. The van der Waals surface area contributed by atoms with Crippen LogP contribution in [0.4, 0.5) is 0 Å². The van der Waals surface area contributed by atoms with Gasteiger partial charge in [0.1, 0.15) is 11.5 Å². The van der Waals surface area contributed by atoms with E-state index < -0.39 is 0 Å². The predicted molar refractivity (Wildman–Crippen MR) is 141 cm³/mol. The van der Waals surface area contributed by atoms with Gasteiger partial charge < -0.3 is 9.47 Å². The molecule has 0 radical (unpaired) electrons. The maximum absolute atomic E-state index is 11.9. The Balaban J connectivity index is 1.59. The van der Waals surface area contributed by atoms with Crippen LogP contribution in [0, 0.1) is 0 Å². The quantitative estimate of drug-likeness (QED) is 0.189. The Morgan fingerprint density at radius 1 is 0.765 bits per heavy atom. The minimum Gasteiger partial charge on any atom is -0.496 e. The van der Waals surface area contributed by atoms with Gasteiger partial charge in [0.2, 0.25) is 11.8 Å². The summed E-state index contributed by atoms with van der Waals surface area (Å²) in [5.41, 5.74) is 6.57. The first-order chi connectivity index (χ1) is 16.4. The third-order valence-electron chi connectivity index (χ3n) is 4.73. The highest BCUT2D eigenvalue weighted by molar-refractivity contribution is 9.10. The molecular weight excluding hydrogens is 568 g/mol. The largest absolute Gasteiger partial charge is 0.496 e. The van der Waals surface area contributed by atoms with Crippen molar-refractivity contribution in [2.45, 2.75) is 38.5 Å². The minimum atomic E-state index is -0.153. The molecule has 2 amide bonds. The number of nitrogens with zero attached hydrogens (tertiary/aromatic N) is 2. The van der Waals surface area contributed by atoms with Crippen LogP contribution in [-0.2, 0) is 9.59 Å². The van der Waals surface area contributed by atoms with Gasteiger partial charge in [0.25, 0.3) is 0 Å². The standard InChI is InChI=1S/C24H28Br2N4O4/c1-33-21-11-9-19(25)13-17(21)15-27-29-23(31)7-5-3-4-6-8-24(32)30-28-16-18-14-20(26)10-12-22(18)34-2/h9-16H,3-8H2,1-2H3,(H,29,31)(H,30,32). The summed E-state index contributed by atoms with van der Waals surface area (Å²) in [5.74, 6) is 1.04. The summed E-state index contributed by atoms with van der Waals surface area (Å²) < 4.78 is 12.3. The molecule has 0 unspecified atom stereocenters. The van der Waals surface area contributed by atoms with E-state index >= 15 is 0 Å². The number of ether oxygens (including phenoxy) is 2. The number of carbonyl (C=O) groups excluding carboxylic acids is 2. The Kier molecular flexibility index (Phi) is 12.3. The molecule has 2 N–H and O–H groups in total. The van der Waals surface area contributed by atoms with E-state index in [0.29, 0.717) is 24.3 Å². The van der Waals surface area contributed by atoms with Gasteiger partial charge in [-0.15, -0.1) is 0 Å². The molecule has 0 saturated carbocycles. The zero-order chi connectivity index (χ0) is 24.8. The van der Waals surface area contributed by atoms with Crippen molar-refractivity contribution in [3.63, 3.8) is 0 Å². The molecule has 0 aliphatic heterocycles. The maximum atomic E-state index is 11.9. The SMILES string of the molecule is COc1ccc(Br)cc1C=NNC(=O)CCCCCCC(=O)NN=Cc1cc(Br)ccc1OC. The summed E-state index contributed by atoms with van der Waals surface area (Å²) in [6.45, 7) is 0. The number of hydrazone groups is 2. The first-order valence-electron chi connectivity index (χ1n) is 10.7. The van der Waals surface area contributed by atoms with Gasteiger partial charge in [0, 0.05) is 32.9 Å². The van der Waals surface area contributed by atoms with Crippen molar-refractivity contribution in [3.8, 4) is 11.5 Å². The van der Waals surface area contributed by atoms with Gasteiger partial charge in [-0.1, -0.05) is 44.7 Å². The third kappa shape index (κ3) is 10.0. The molecule has 0 saturated heterocycles. The Hall–Kier alpha value is -2.72. The number of nitrogens with one attached hydrogen (secondary N) is 2. The molecule has 0 aromatic heterocycles. The molecule has 0 spiro atoms. The molecule has 0 heterocycles. The average Bonchev–Trinajstić information content (AvgIpc) is 2.81. The van der Waals surface area contributed by atoms with Crippen molar-refractivity contribution in [2.75, 3.05) is 14.2 Å². The zero-order valence-corrected chi connectivity index (χ0v) is 22.3. The molecular formula is C24H28Br2N4O4. The summed E-state index contributed by atoms with van der Waals surface area (Å²) in [6, 6.07) is 11.1. The topological polar surface area (TPSA) is 101 Å². The molecule has 0 atom stereocenters. The van der Waals surface area contributed by atoms with Crippen LogP contribution in [-0.4, -0.2) is 38.5 Å². The minimum absolute atomic E-state index is 0.153. The molecule has 2 aromatic rings. The van der Waals surface area contributed by atoms with Gasteiger partial charge in [-0.25, -0.2) is 10.9 Å². The molecule has 10 heteroatoms. The highest BCUT2D eigenvalue weighted by Gasteiger charge is 2.04. The predicted octanol–water partition coefficient (Wildman–Crippen LogP) is 5.17. The van der Waals surface area contributed by atoms with Gasteiger partial charge >= 0.3 is 0 Å². The molecule has 34 heavy (non-hydrogen) atoms. The highest BCUT2D eigenvalue weighted by Crippen LogP contribution is 2.22. The van der Waals surface area contributed by atoms with Gasteiger partial charge in [0.05, 0.1) is 26.6 Å². The number of hydrogen-bond acceptors (Lipinski definition) is 6. The van der Waals surface area contributed by atoms with E-state index in [2.05, 4.69) is 52.9 Å². The maximum Gasteiger partial charge on any atom is 0.240 e. The number of rotatable bonds is 13. The van der Waals surface area contributed by atoms with Crippen molar-refractivity contribution >= 4 is 56.1 Å². The van der Waals surface area contributed by atoms with Crippen LogP contribution >= 0.6 is 31.9 Å². The van der Waals surface area contributed by atoms with E-state index in [9.17, 15) is 9.59 Å². The Morgan fingerprint density at radius 3 is 1.56 bits per heavy atom. The van der Waals surface area contributed by atoms with Crippen LogP contribution in [0.15, 0.2) is 55.5 Å². The van der Waals surface area contributed by atoms with Gasteiger partial charge in [-0.2, -0.15) is 10.2 Å². The van der Waals surface area contributed by atoms with Crippen molar-refractivity contribution in [1.82, 2.24) is 10.9 Å². The second-order valence-electron chi connectivity index (χ2n) is 7.27. The molecule has 2 aromatic carbocycles. The van der Waals surface area contributed by atoms with Crippen molar-refractivity contribution < 1.29 is 19.1 Å². The van der Waals surface area contributed by atoms with Crippen LogP contribution in [0.2, 0.25) is 0 Å². The summed E-state index contributed by atoms with van der Waals surface area (Å²) in [7, 11) is 3.16. The lowest BCUT2D eigenvalue weighted by Crippen LogP contribution is -2.17. The van der Waals surface area contributed by atoms with Gasteiger partial charge in [0.15, 0.2) is 0 Å². The van der Waals surface area contributed by atoms with Crippen LogP contribution in [0.25, 0.3) is 0 Å². The first kappa shape index (κ1) is 27.5. The number of carbonyl (C=O) groups is 2. The van der Waals surface area contributed by atoms with E-state index in [1.807, 2.05) is 36.4 Å². The summed E-state index contributed by atoms with van der Waals surface area (Å²) >= 11 is 6.79. The second kappa shape index (κ2) is 15.2.